The maximum atomic E-state index is 12.7. The van der Waals surface area contributed by atoms with Crippen molar-refractivity contribution in [2.75, 3.05) is 6.54 Å². The highest BCUT2D eigenvalue weighted by Crippen LogP contribution is 2.34. The lowest BCUT2D eigenvalue weighted by atomic mass is 9.74. The molecular weight excluding hydrogens is 256 g/mol. The molecule has 1 aliphatic carbocycles. The normalized spacial score (nSPS) is 31.1. The van der Waals surface area contributed by atoms with Crippen LogP contribution in [0.15, 0.2) is 11.4 Å². The summed E-state index contributed by atoms with van der Waals surface area (Å²) in [6.07, 6.45) is 5.23. The summed E-state index contributed by atoms with van der Waals surface area (Å²) in [7, 11) is 0. The van der Waals surface area contributed by atoms with Gasteiger partial charge in [-0.3, -0.25) is 4.79 Å². The van der Waals surface area contributed by atoms with E-state index in [0.29, 0.717) is 0 Å². The van der Waals surface area contributed by atoms with Crippen LogP contribution in [0.3, 0.4) is 0 Å². The summed E-state index contributed by atoms with van der Waals surface area (Å²) in [5.41, 5.74) is 7.38. The van der Waals surface area contributed by atoms with Crippen LogP contribution in [0.5, 0.6) is 0 Å². The molecule has 1 aromatic heterocycles. The van der Waals surface area contributed by atoms with E-state index in [2.05, 4.69) is 18.4 Å². The second kappa shape index (κ2) is 4.91. The second-order valence-corrected chi connectivity index (χ2v) is 7.18. The fourth-order valence-electron chi connectivity index (χ4n) is 3.42. The Morgan fingerprint density at radius 3 is 3.16 bits per heavy atom. The minimum atomic E-state index is -0.315. The van der Waals surface area contributed by atoms with Gasteiger partial charge in [-0.1, -0.05) is 12.8 Å². The van der Waals surface area contributed by atoms with Gasteiger partial charge >= 0.3 is 0 Å². The van der Waals surface area contributed by atoms with Gasteiger partial charge in [-0.15, -0.1) is 11.3 Å². The van der Waals surface area contributed by atoms with Gasteiger partial charge in [-0.25, -0.2) is 0 Å². The molecule has 104 valence electrons. The maximum absolute atomic E-state index is 12.7. The van der Waals surface area contributed by atoms with Crippen LogP contribution in [-0.4, -0.2) is 22.9 Å². The van der Waals surface area contributed by atoms with E-state index in [1.807, 2.05) is 16.2 Å². The van der Waals surface area contributed by atoms with Crippen LogP contribution in [0.4, 0.5) is 0 Å². The van der Waals surface area contributed by atoms with Crippen molar-refractivity contribution >= 4 is 17.2 Å². The molecule has 2 atom stereocenters. The van der Waals surface area contributed by atoms with Gasteiger partial charge in [-0.05, 0) is 43.2 Å². The molecule has 3 nitrogen and oxygen atoms in total. The first-order valence-corrected chi connectivity index (χ1v) is 8.09. The standard InChI is InChI=1S/C15H22N2OS/c1-15(16)7-3-2-4-12(15)14(18)17-8-5-13-11(10-17)6-9-19-13/h6,9,12H,2-5,7-8,10,16H2,1H3. The number of hydrogen-bond donors (Lipinski definition) is 1. The third kappa shape index (κ3) is 2.43. The molecule has 0 aromatic carbocycles. The number of fused-ring (bicyclic) bond motifs is 1. The highest BCUT2D eigenvalue weighted by atomic mass is 32.1. The molecular formula is C15H22N2OS. The van der Waals surface area contributed by atoms with E-state index in [1.165, 1.54) is 10.4 Å². The average molecular weight is 278 g/mol. The van der Waals surface area contributed by atoms with Crippen molar-refractivity contribution in [2.24, 2.45) is 11.7 Å². The minimum absolute atomic E-state index is 0.0152. The van der Waals surface area contributed by atoms with Crippen LogP contribution in [0.1, 0.15) is 43.0 Å². The minimum Gasteiger partial charge on any atom is -0.338 e. The van der Waals surface area contributed by atoms with E-state index < -0.39 is 0 Å². The monoisotopic (exact) mass is 278 g/mol. The molecule has 0 saturated heterocycles. The topological polar surface area (TPSA) is 46.3 Å². The highest BCUT2D eigenvalue weighted by Gasteiger charge is 2.40. The molecule has 0 spiro atoms. The van der Waals surface area contributed by atoms with E-state index in [0.717, 1.165) is 45.2 Å². The summed E-state index contributed by atoms with van der Waals surface area (Å²) in [6, 6.07) is 2.15. The van der Waals surface area contributed by atoms with Crippen LogP contribution < -0.4 is 5.73 Å². The Bertz CT molecular complexity index is 480. The second-order valence-electron chi connectivity index (χ2n) is 6.18. The number of amides is 1. The molecule has 4 heteroatoms. The Morgan fingerprint density at radius 2 is 2.37 bits per heavy atom. The third-order valence-electron chi connectivity index (χ3n) is 4.67. The van der Waals surface area contributed by atoms with Crippen molar-refractivity contribution in [1.29, 1.82) is 0 Å². The number of hydrogen-bond acceptors (Lipinski definition) is 3. The fraction of sp³-hybridized carbons (Fsp3) is 0.667. The summed E-state index contributed by atoms with van der Waals surface area (Å²) in [5.74, 6) is 0.294. The van der Waals surface area contributed by atoms with E-state index in [1.54, 1.807) is 0 Å². The SMILES string of the molecule is CC1(N)CCCCC1C(=O)N1CCc2sccc2C1. The summed E-state index contributed by atoms with van der Waals surface area (Å²) >= 11 is 1.81. The van der Waals surface area contributed by atoms with Gasteiger partial charge in [-0.2, -0.15) is 0 Å². The van der Waals surface area contributed by atoms with Gasteiger partial charge in [0, 0.05) is 23.5 Å². The Hall–Kier alpha value is -0.870. The summed E-state index contributed by atoms with van der Waals surface area (Å²) in [5, 5.41) is 2.13. The zero-order chi connectivity index (χ0) is 13.5. The van der Waals surface area contributed by atoms with Crippen molar-refractivity contribution in [3.05, 3.63) is 21.9 Å². The van der Waals surface area contributed by atoms with Crippen molar-refractivity contribution in [3.63, 3.8) is 0 Å². The molecule has 2 unspecified atom stereocenters. The summed E-state index contributed by atoms with van der Waals surface area (Å²) in [6.45, 7) is 3.69. The average Bonchev–Trinajstić information content (AvgIpc) is 2.84. The molecule has 19 heavy (non-hydrogen) atoms. The molecule has 1 saturated carbocycles. The molecule has 1 aromatic rings. The van der Waals surface area contributed by atoms with Crippen molar-refractivity contribution in [3.8, 4) is 0 Å². The van der Waals surface area contributed by atoms with Crippen molar-refractivity contribution < 1.29 is 4.79 Å². The van der Waals surface area contributed by atoms with Gasteiger partial charge in [0.05, 0.1) is 5.92 Å². The lowest BCUT2D eigenvalue weighted by molar-refractivity contribution is -0.139. The van der Waals surface area contributed by atoms with Gasteiger partial charge in [0.15, 0.2) is 0 Å². The number of nitrogens with zero attached hydrogens (tertiary/aromatic N) is 1. The zero-order valence-corrected chi connectivity index (χ0v) is 12.3. The molecule has 1 fully saturated rings. The first-order valence-electron chi connectivity index (χ1n) is 7.21. The molecule has 3 rings (SSSR count). The van der Waals surface area contributed by atoms with Crippen LogP contribution in [0.2, 0.25) is 0 Å². The van der Waals surface area contributed by atoms with Crippen LogP contribution >= 0.6 is 11.3 Å². The van der Waals surface area contributed by atoms with E-state index in [4.69, 9.17) is 5.73 Å². The molecule has 0 radical (unpaired) electrons. The van der Waals surface area contributed by atoms with Crippen LogP contribution in [0.25, 0.3) is 0 Å². The Labute approximate surface area is 118 Å². The van der Waals surface area contributed by atoms with Gasteiger partial charge in [0.2, 0.25) is 5.91 Å². The number of rotatable bonds is 1. The predicted molar refractivity (Wildman–Crippen MR) is 78.0 cm³/mol. The number of thiophene rings is 1. The third-order valence-corrected chi connectivity index (χ3v) is 5.69. The summed E-state index contributed by atoms with van der Waals surface area (Å²) in [4.78, 5) is 16.2. The number of carbonyl (C=O) groups excluding carboxylic acids is 1. The first kappa shape index (κ1) is 13.1. The van der Waals surface area contributed by atoms with E-state index in [9.17, 15) is 4.79 Å². The number of nitrogens with two attached hydrogens (primary N) is 1. The smallest absolute Gasteiger partial charge is 0.227 e. The van der Waals surface area contributed by atoms with Crippen molar-refractivity contribution in [2.45, 2.75) is 51.1 Å². The predicted octanol–water partition coefficient (Wildman–Crippen LogP) is 2.54. The molecule has 0 bridgehead atoms. The molecule has 2 aliphatic rings. The Morgan fingerprint density at radius 1 is 1.53 bits per heavy atom. The maximum Gasteiger partial charge on any atom is 0.227 e. The van der Waals surface area contributed by atoms with Gasteiger partial charge < -0.3 is 10.6 Å². The molecule has 1 aliphatic heterocycles. The van der Waals surface area contributed by atoms with E-state index in [-0.39, 0.29) is 17.4 Å². The largest absolute Gasteiger partial charge is 0.338 e. The number of carbonyl (C=O) groups is 1. The van der Waals surface area contributed by atoms with Gasteiger partial charge in [0.25, 0.3) is 0 Å². The first-order chi connectivity index (χ1) is 9.08. The lowest BCUT2D eigenvalue weighted by Gasteiger charge is -2.40. The molecule has 1 amide bonds. The van der Waals surface area contributed by atoms with Crippen LogP contribution in [0, 0.1) is 5.92 Å². The van der Waals surface area contributed by atoms with Gasteiger partial charge in [0.1, 0.15) is 0 Å². The molecule has 2 heterocycles. The zero-order valence-electron chi connectivity index (χ0n) is 11.5. The quantitative estimate of drug-likeness (QED) is 0.858. The molecule has 2 N–H and O–H groups in total. The van der Waals surface area contributed by atoms with Crippen LogP contribution in [-0.2, 0) is 17.8 Å². The fourth-order valence-corrected chi connectivity index (χ4v) is 4.31. The Kier molecular flexibility index (Phi) is 3.39. The van der Waals surface area contributed by atoms with Crippen molar-refractivity contribution in [1.82, 2.24) is 4.90 Å². The van der Waals surface area contributed by atoms with E-state index >= 15 is 0 Å². The highest BCUT2D eigenvalue weighted by molar-refractivity contribution is 7.10. The lowest BCUT2D eigenvalue weighted by Crippen LogP contribution is -2.54. The summed E-state index contributed by atoms with van der Waals surface area (Å²) < 4.78 is 0. The Balaban J connectivity index is 1.74.